The van der Waals surface area contributed by atoms with Crippen molar-refractivity contribution in [1.82, 2.24) is 14.5 Å². The Morgan fingerprint density at radius 2 is 2.31 bits per heavy atom. The third-order valence-electron chi connectivity index (χ3n) is 2.90. The molecule has 16 heavy (non-hydrogen) atoms. The Morgan fingerprint density at radius 1 is 1.62 bits per heavy atom. The number of halogens is 1. The second kappa shape index (κ2) is 4.79. The van der Waals surface area contributed by atoms with Crippen LogP contribution in [-0.2, 0) is 0 Å². The number of carbonyl (C=O) groups excluding carboxylic acids is 1. The summed E-state index contributed by atoms with van der Waals surface area (Å²) in [5, 5.41) is 3.86. The molecule has 1 heterocycles. The lowest BCUT2D eigenvalue weighted by Gasteiger charge is -2.34. The summed E-state index contributed by atoms with van der Waals surface area (Å²) in [6.45, 7) is 2.65. The Hall–Kier alpha value is -0.490. The van der Waals surface area contributed by atoms with Crippen LogP contribution in [-0.4, -0.2) is 38.8 Å². The van der Waals surface area contributed by atoms with Crippen LogP contribution in [0.4, 0.5) is 0 Å². The van der Waals surface area contributed by atoms with Gasteiger partial charge in [0.1, 0.15) is 4.88 Å². The SMILES string of the molecule is Cc1nnsc1C(=O)N(C)CC1CC(Br)C1. The monoisotopic (exact) mass is 303 g/mol. The topological polar surface area (TPSA) is 46.1 Å². The fraction of sp³-hybridized carbons (Fsp3) is 0.700. The molecule has 0 aliphatic heterocycles. The van der Waals surface area contributed by atoms with Crippen LogP contribution >= 0.6 is 27.5 Å². The Labute approximate surface area is 107 Å². The smallest absolute Gasteiger partial charge is 0.267 e. The molecule has 0 spiro atoms. The highest BCUT2D eigenvalue weighted by molar-refractivity contribution is 9.09. The van der Waals surface area contributed by atoms with Crippen LogP contribution < -0.4 is 0 Å². The fourth-order valence-corrected chi connectivity index (χ4v) is 3.58. The molecule has 1 amide bonds. The van der Waals surface area contributed by atoms with Gasteiger partial charge in [0.05, 0.1) is 5.69 Å². The molecular weight excluding hydrogens is 290 g/mol. The molecule has 1 saturated carbocycles. The molecular formula is C10H14BrN3OS. The summed E-state index contributed by atoms with van der Waals surface area (Å²) >= 11 is 4.73. The molecule has 0 saturated heterocycles. The third kappa shape index (κ3) is 2.43. The van der Waals surface area contributed by atoms with Crippen LogP contribution in [0.15, 0.2) is 0 Å². The lowest BCUT2D eigenvalue weighted by molar-refractivity contribution is 0.0752. The largest absolute Gasteiger partial charge is 0.341 e. The van der Waals surface area contributed by atoms with Crippen molar-refractivity contribution in [3.05, 3.63) is 10.6 Å². The molecule has 1 aliphatic rings. The van der Waals surface area contributed by atoms with Crippen LogP contribution in [0, 0.1) is 12.8 Å². The summed E-state index contributed by atoms with van der Waals surface area (Å²) in [7, 11) is 1.85. The van der Waals surface area contributed by atoms with E-state index >= 15 is 0 Å². The molecule has 1 fully saturated rings. The van der Waals surface area contributed by atoms with Gasteiger partial charge in [0.2, 0.25) is 0 Å². The number of aryl methyl sites for hydroxylation is 1. The van der Waals surface area contributed by atoms with E-state index in [0.29, 0.717) is 15.6 Å². The highest BCUT2D eigenvalue weighted by Gasteiger charge is 2.29. The van der Waals surface area contributed by atoms with Crippen molar-refractivity contribution >= 4 is 33.4 Å². The molecule has 0 unspecified atom stereocenters. The maximum atomic E-state index is 12.0. The first-order valence-corrected chi connectivity index (χ1v) is 6.95. The van der Waals surface area contributed by atoms with Gasteiger partial charge < -0.3 is 4.90 Å². The Balaban J connectivity index is 1.92. The van der Waals surface area contributed by atoms with Crippen molar-refractivity contribution < 1.29 is 4.79 Å². The van der Waals surface area contributed by atoms with Gasteiger partial charge in [-0.3, -0.25) is 4.79 Å². The van der Waals surface area contributed by atoms with E-state index in [1.165, 1.54) is 11.5 Å². The number of aromatic nitrogens is 2. The zero-order valence-corrected chi connectivity index (χ0v) is 11.7. The first-order valence-electron chi connectivity index (χ1n) is 5.26. The minimum Gasteiger partial charge on any atom is -0.341 e. The van der Waals surface area contributed by atoms with Crippen LogP contribution in [0.1, 0.15) is 28.2 Å². The zero-order chi connectivity index (χ0) is 11.7. The van der Waals surface area contributed by atoms with E-state index in [-0.39, 0.29) is 5.91 Å². The summed E-state index contributed by atoms with van der Waals surface area (Å²) in [5.74, 6) is 0.685. The number of hydrogen-bond acceptors (Lipinski definition) is 4. The standard InChI is InChI=1S/C10H14BrN3OS/c1-6-9(16-13-12-6)10(15)14(2)5-7-3-8(11)4-7/h7-8H,3-5H2,1-2H3. The van der Waals surface area contributed by atoms with Gasteiger partial charge in [-0.1, -0.05) is 20.4 Å². The highest BCUT2D eigenvalue weighted by Crippen LogP contribution is 2.33. The van der Waals surface area contributed by atoms with Gasteiger partial charge in [0.15, 0.2) is 0 Å². The number of amides is 1. The first kappa shape index (κ1) is 12.0. The average Bonchev–Trinajstić information content (AvgIpc) is 2.61. The van der Waals surface area contributed by atoms with Gasteiger partial charge >= 0.3 is 0 Å². The summed E-state index contributed by atoms with van der Waals surface area (Å²) in [6, 6.07) is 0. The maximum absolute atomic E-state index is 12.0. The summed E-state index contributed by atoms with van der Waals surface area (Å²) in [6.07, 6.45) is 2.33. The minimum atomic E-state index is 0.0468. The normalized spacial score (nSPS) is 23.9. The summed E-state index contributed by atoms with van der Waals surface area (Å²) in [5.41, 5.74) is 0.730. The molecule has 0 N–H and O–H groups in total. The van der Waals surface area contributed by atoms with Crippen molar-refractivity contribution in [1.29, 1.82) is 0 Å². The predicted octanol–water partition coefficient (Wildman–Crippen LogP) is 2.09. The van der Waals surface area contributed by atoms with Crippen molar-refractivity contribution in [3.63, 3.8) is 0 Å². The molecule has 1 aromatic rings. The van der Waals surface area contributed by atoms with Crippen LogP contribution in [0.3, 0.4) is 0 Å². The molecule has 2 rings (SSSR count). The van der Waals surface area contributed by atoms with Gasteiger partial charge in [0, 0.05) is 18.4 Å². The third-order valence-corrected chi connectivity index (χ3v) is 4.47. The van der Waals surface area contributed by atoms with E-state index in [0.717, 1.165) is 25.1 Å². The van der Waals surface area contributed by atoms with Gasteiger partial charge in [-0.15, -0.1) is 5.10 Å². The summed E-state index contributed by atoms with van der Waals surface area (Å²) < 4.78 is 3.79. The van der Waals surface area contributed by atoms with E-state index in [1.54, 1.807) is 4.90 Å². The fourth-order valence-electron chi connectivity index (χ4n) is 1.87. The lowest BCUT2D eigenvalue weighted by atomic mass is 9.85. The number of rotatable bonds is 3. The highest BCUT2D eigenvalue weighted by atomic mass is 79.9. The van der Waals surface area contributed by atoms with Gasteiger partial charge in [-0.05, 0) is 37.2 Å². The van der Waals surface area contributed by atoms with E-state index in [4.69, 9.17) is 0 Å². The van der Waals surface area contributed by atoms with Gasteiger partial charge in [0.25, 0.3) is 5.91 Å². The van der Waals surface area contributed by atoms with Gasteiger partial charge in [-0.2, -0.15) is 0 Å². The van der Waals surface area contributed by atoms with Crippen LogP contribution in [0.2, 0.25) is 0 Å². The molecule has 1 aromatic heterocycles. The van der Waals surface area contributed by atoms with Crippen molar-refractivity contribution in [2.75, 3.05) is 13.6 Å². The average molecular weight is 304 g/mol. The lowest BCUT2D eigenvalue weighted by Crippen LogP contribution is -2.37. The van der Waals surface area contributed by atoms with Crippen LogP contribution in [0.5, 0.6) is 0 Å². The maximum Gasteiger partial charge on any atom is 0.267 e. The van der Waals surface area contributed by atoms with Crippen molar-refractivity contribution in [2.45, 2.75) is 24.6 Å². The van der Waals surface area contributed by atoms with Crippen molar-refractivity contribution in [2.24, 2.45) is 5.92 Å². The number of nitrogens with zero attached hydrogens (tertiary/aromatic N) is 3. The number of hydrogen-bond donors (Lipinski definition) is 0. The molecule has 0 aromatic carbocycles. The Bertz CT molecular complexity index is 389. The zero-order valence-electron chi connectivity index (χ0n) is 9.31. The van der Waals surface area contributed by atoms with Crippen molar-refractivity contribution in [3.8, 4) is 0 Å². The van der Waals surface area contributed by atoms with E-state index < -0.39 is 0 Å². The molecule has 0 atom stereocenters. The molecule has 6 heteroatoms. The van der Waals surface area contributed by atoms with E-state index in [2.05, 4.69) is 25.5 Å². The minimum absolute atomic E-state index is 0.0468. The second-order valence-electron chi connectivity index (χ2n) is 4.31. The van der Waals surface area contributed by atoms with Crippen LogP contribution in [0.25, 0.3) is 0 Å². The first-order chi connectivity index (χ1) is 7.58. The Morgan fingerprint density at radius 3 is 2.81 bits per heavy atom. The van der Waals surface area contributed by atoms with E-state index in [1.807, 2.05) is 14.0 Å². The quantitative estimate of drug-likeness (QED) is 0.803. The van der Waals surface area contributed by atoms with E-state index in [9.17, 15) is 4.79 Å². The molecule has 0 radical (unpaired) electrons. The Kier molecular flexibility index (Phi) is 3.59. The van der Waals surface area contributed by atoms with Gasteiger partial charge in [-0.25, -0.2) is 0 Å². The number of carbonyl (C=O) groups is 1. The molecule has 4 nitrogen and oxygen atoms in total. The molecule has 1 aliphatic carbocycles. The second-order valence-corrected chi connectivity index (χ2v) is 6.36. The molecule has 88 valence electrons. The number of alkyl halides is 1. The molecule has 0 bridgehead atoms. The predicted molar refractivity (Wildman–Crippen MR) is 67.0 cm³/mol. The summed E-state index contributed by atoms with van der Waals surface area (Å²) in [4.78, 5) is 15.1.